The van der Waals surface area contributed by atoms with Gasteiger partial charge >= 0.3 is 6.09 Å². The number of fused-ring (bicyclic) bond motifs is 1. The first kappa shape index (κ1) is 24.9. The normalized spacial score (nSPS) is 16.2. The summed E-state index contributed by atoms with van der Waals surface area (Å²) in [4.78, 5) is 22.7. The van der Waals surface area contributed by atoms with E-state index in [1.54, 1.807) is 29.0 Å². The average Bonchev–Trinajstić information content (AvgIpc) is 3.23. The lowest BCUT2D eigenvalue weighted by Crippen LogP contribution is -2.42. The molecule has 1 aliphatic heterocycles. The van der Waals surface area contributed by atoms with Gasteiger partial charge in [0.05, 0.1) is 30.1 Å². The number of nitrogens with one attached hydrogen (secondary N) is 1. The highest BCUT2D eigenvalue weighted by atomic mass is 16.6. The number of ether oxygens (including phenoxy) is 2. The van der Waals surface area contributed by atoms with E-state index >= 15 is 0 Å². The predicted octanol–water partition coefficient (Wildman–Crippen LogP) is 4.45. The van der Waals surface area contributed by atoms with Crippen LogP contribution in [0.1, 0.15) is 40.5 Å². The summed E-state index contributed by atoms with van der Waals surface area (Å²) in [5.74, 6) is 1.55. The molecule has 1 N–H and O–H groups in total. The van der Waals surface area contributed by atoms with Crippen LogP contribution in [0, 0.1) is 5.92 Å². The van der Waals surface area contributed by atoms with Gasteiger partial charge in [-0.05, 0) is 52.5 Å². The van der Waals surface area contributed by atoms with Gasteiger partial charge in [-0.25, -0.2) is 19.4 Å². The number of aromatic nitrogens is 4. The molecule has 2 aromatic rings. The Labute approximate surface area is 200 Å². The quantitative estimate of drug-likeness (QED) is 0.277. The van der Waals surface area contributed by atoms with Gasteiger partial charge in [-0.1, -0.05) is 12.7 Å². The molecule has 0 atom stereocenters. The molecule has 0 unspecified atom stereocenters. The molecular formula is C24H33N7O3. The third-order valence-electron chi connectivity index (χ3n) is 5.22. The van der Waals surface area contributed by atoms with Gasteiger partial charge in [-0.2, -0.15) is 10.2 Å². The lowest BCUT2D eigenvalue weighted by molar-refractivity contribution is 0.0203. The van der Waals surface area contributed by atoms with Crippen molar-refractivity contribution in [1.29, 1.82) is 0 Å². The van der Waals surface area contributed by atoms with E-state index in [1.165, 1.54) is 6.33 Å². The molecule has 34 heavy (non-hydrogen) atoms. The molecule has 1 amide bonds. The largest absolute Gasteiger partial charge is 0.501 e. The van der Waals surface area contributed by atoms with Crippen molar-refractivity contribution in [2.24, 2.45) is 11.0 Å². The van der Waals surface area contributed by atoms with E-state index in [9.17, 15) is 4.79 Å². The summed E-state index contributed by atoms with van der Waals surface area (Å²) in [6, 6.07) is 0. The first-order chi connectivity index (χ1) is 16.2. The third-order valence-corrected chi connectivity index (χ3v) is 5.22. The number of hydrogen-bond donors (Lipinski definition) is 1. The van der Waals surface area contributed by atoms with Crippen LogP contribution in [0.25, 0.3) is 16.7 Å². The summed E-state index contributed by atoms with van der Waals surface area (Å²) < 4.78 is 12.4. The molecule has 0 radical (unpaired) electrons. The third kappa shape index (κ3) is 6.43. The Morgan fingerprint density at radius 1 is 1.29 bits per heavy atom. The van der Waals surface area contributed by atoms with Crippen LogP contribution in [0.4, 0.5) is 10.6 Å². The van der Waals surface area contributed by atoms with E-state index in [0.29, 0.717) is 24.6 Å². The molecule has 10 heteroatoms. The topological polar surface area (TPSA) is 107 Å². The summed E-state index contributed by atoms with van der Waals surface area (Å²) in [7, 11) is 1.61. The van der Waals surface area contributed by atoms with E-state index in [2.05, 4.69) is 32.2 Å². The minimum absolute atomic E-state index is 0.260. The number of nitrogens with zero attached hydrogens (tertiary/aromatic N) is 6. The smallest absolute Gasteiger partial charge is 0.410 e. The number of allylic oxidation sites excluding steroid dienone is 5. The summed E-state index contributed by atoms with van der Waals surface area (Å²) in [6.07, 6.45) is 11.8. The number of hydrazone groups is 1. The van der Waals surface area contributed by atoms with E-state index in [4.69, 9.17) is 9.47 Å². The van der Waals surface area contributed by atoms with Gasteiger partial charge < -0.3 is 14.4 Å². The zero-order valence-corrected chi connectivity index (χ0v) is 20.5. The molecular weight excluding hydrogens is 434 g/mol. The van der Waals surface area contributed by atoms with Crippen molar-refractivity contribution in [3.63, 3.8) is 0 Å². The fourth-order valence-electron chi connectivity index (χ4n) is 3.45. The summed E-state index contributed by atoms with van der Waals surface area (Å²) in [6.45, 7) is 12.5. The molecule has 2 aromatic heterocycles. The molecule has 1 saturated heterocycles. The van der Waals surface area contributed by atoms with Crippen molar-refractivity contribution < 1.29 is 14.3 Å². The number of carbonyl (C=O) groups excluding carboxylic acids is 1. The van der Waals surface area contributed by atoms with Gasteiger partial charge in [0, 0.05) is 25.4 Å². The molecule has 3 heterocycles. The number of likely N-dealkylation sites (tertiary alicyclic amines) is 1. The monoisotopic (exact) mass is 467 g/mol. The summed E-state index contributed by atoms with van der Waals surface area (Å²) in [5.41, 5.74) is 3.92. The Kier molecular flexibility index (Phi) is 8.04. The number of rotatable bonds is 7. The zero-order chi connectivity index (χ0) is 24.7. The first-order valence-electron chi connectivity index (χ1n) is 11.2. The highest BCUT2D eigenvalue weighted by Crippen LogP contribution is 2.23. The second kappa shape index (κ2) is 11.0. The van der Waals surface area contributed by atoms with E-state index in [-0.39, 0.29) is 12.0 Å². The Balaban J connectivity index is 1.66. The van der Waals surface area contributed by atoms with E-state index in [1.807, 2.05) is 46.1 Å². The standard InChI is InChI=1S/C24H33N7O3/c1-7-8-19(13-17(2)33-6)31-22-20(15-28-31)21(25-16-26-22)29-27-14-18-9-11-30(12-10-18)23(32)34-24(3,4)5/h7-8,13-16,18H,1,9-12H2,2-6H3,(H,25,26,29)/b17-13+,19-8+,27-14+. The van der Waals surface area contributed by atoms with Crippen LogP contribution in [-0.2, 0) is 9.47 Å². The lowest BCUT2D eigenvalue weighted by atomic mass is 9.99. The fraction of sp³-hybridized carbons (Fsp3) is 0.458. The van der Waals surface area contributed by atoms with Crippen LogP contribution in [0.5, 0.6) is 0 Å². The van der Waals surface area contributed by atoms with Crippen molar-refractivity contribution in [2.75, 3.05) is 25.6 Å². The van der Waals surface area contributed by atoms with Crippen molar-refractivity contribution in [1.82, 2.24) is 24.6 Å². The molecule has 3 rings (SSSR count). The molecule has 1 fully saturated rings. The number of amides is 1. The number of anilines is 1. The van der Waals surface area contributed by atoms with Crippen molar-refractivity contribution >= 4 is 34.9 Å². The maximum atomic E-state index is 12.2. The first-order valence-corrected chi connectivity index (χ1v) is 11.2. The second-order valence-corrected chi connectivity index (χ2v) is 9.00. The fourth-order valence-corrected chi connectivity index (χ4v) is 3.45. The number of hydrogen-bond acceptors (Lipinski definition) is 8. The molecule has 0 aliphatic carbocycles. The number of piperidine rings is 1. The zero-order valence-electron chi connectivity index (χ0n) is 20.5. The van der Waals surface area contributed by atoms with Gasteiger partial charge in [0.15, 0.2) is 11.5 Å². The maximum absolute atomic E-state index is 12.2. The molecule has 0 aromatic carbocycles. The number of carbonyl (C=O) groups is 1. The van der Waals surface area contributed by atoms with Crippen molar-refractivity contribution in [3.8, 4) is 0 Å². The van der Waals surface area contributed by atoms with Gasteiger partial charge in [0.25, 0.3) is 0 Å². The molecule has 182 valence electrons. The lowest BCUT2D eigenvalue weighted by Gasteiger charge is -2.32. The molecule has 1 aliphatic rings. The highest BCUT2D eigenvalue weighted by molar-refractivity contribution is 5.88. The van der Waals surface area contributed by atoms with Gasteiger partial charge in [-0.15, -0.1) is 0 Å². The predicted molar refractivity (Wildman–Crippen MR) is 133 cm³/mol. The van der Waals surface area contributed by atoms with E-state index < -0.39 is 5.60 Å². The highest BCUT2D eigenvalue weighted by Gasteiger charge is 2.26. The van der Waals surface area contributed by atoms with E-state index in [0.717, 1.165) is 29.7 Å². The van der Waals surface area contributed by atoms with Crippen LogP contribution in [0.2, 0.25) is 0 Å². The van der Waals surface area contributed by atoms with Crippen LogP contribution < -0.4 is 5.43 Å². The van der Waals surface area contributed by atoms with Crippen molar-refractivity contribution in [3.05, 3.63) is 43.1 Å². The van der Waals surface area contributed by atoms with Crippen LogP contribution in [0.15, 0.2) is 48.2 Å². The Hall–Kier alpha value is -3.69. The van der Waals surface area contributed by atoms with Crippen LogP contribution >= 0.6 is 0 Å². The molecule has 0 saturated carbocycles. The number of methoxy groups -OCH3 is 1. The summed E-state index contributed by atoms with van der Waals surface area (Å²) >= 11 is 0. The van der Waals surface area contributed by atoms with Gasteiger partial charge in [0.2, 0.25) is 0 Å². The van der Waals surface area contributed by atoms with Gasteiger partial charge in [-0.3, -0.25) is 5.43 Å². The van der Waals surface area contributed by atoms with Crippen molar-refractivity contribution in [2.45, 2.75) is 46.1 Å². The van der Waals surface area contributed by atoms with Gasteiger partial charge in [0.1, 0.15) is 11.9 Å². The Morgan fingerprint density at radius 3 is 2.68 bits per heavy atom. The maximum Gasteiger partial charge on any atom is 0.410 e. The SMILES string of the molecule is C=C/C=C(\C=C(/C)OC)n1ncc2c(N/N=C/C3CCN(C(=O)OC(C)(C)C)CC3)ncnc21. The Bertz CT molecular complexity index is 1100. The summed E-state index contributed by atoms with van der Waals surface area (Å²) in [5, 5.41) is 9.60. The van der Waals surface area contributed by atoms with Crippen LogP contribution in [0.3, 0.4) is 0 Å². The average molecular weight is 468 g/mol. The minimum Gasteiger partial charge on any atom is -0.501 e. The minimum atomic E-state index is -0.489. The molecule has 0 spiro atoms. The molecule has 10 nitrogen and oxygen atoms in total. The van der Waals surface area contributed by atoms with Crippen LogP contribution in [-0.4, -0.2) is 62.8 Å². The molecule has 0 bridgehead atoms. The Morgan fingerprint density at radius 2 is 2.03 bits per heavy atom. The second-order valence-electron chi connectivity index (χ2n) is 9.00.